The topological polar surface area (TPSA) is 93.7 Å². The van der Waals surface area contributed by atoms with E-state index in [0.717, 1.165) is 0 Å². The number of ether oxygens (including phenoxy) is 2. The highest BCUT2D eigenvalue weighted by atomic mass is 35.5. The van der Waals surface area contributed by atoms with Crippen molar-refractivity contribution in [3.05, 3.63) is 77.3 Å². The lowest BCUT2D eigenvalue weighted by Crippen LogP contribution is -2.24. The van der Waals surface area contributed by atoms with Crippen LogP contribution in [-0.4, -0.2) is 27.5 Å². The molecule has 2 N–H and O–H groups in total. The summed E-state index contributed by atoms with van der Waals surface area (Å²) in [5.74, 6) is 1.04. The molecule has 0 spiro atoms. The summed E-state index contributed by atoms with van der Waals surface area (Å²) in [5.41, 5.74) is 0.998. The highest BCUT2D eigenvalue weighted by Gasteiger charge is 2.16. The second kappa shape index (κ2) is 11.2. The Labute approximate surface area is 198 Å². The lowest BCUT2D eigenvalue weighted by Gasteiger charge is -2.14. The lowest BCUT2D eigenvalue weighted by atomic mass is 10.2. The van der Waals surface area contributed by atoms with Crippen molar-refractivity contribution in [3.8, 4) is 17.2 Å². The highest BCUT2D eigenvalue weighted by molar-refractivity contribution is 7.89. The summed E-state index contributed by atoms with van der Waals surface area (Å²) in [6.07, 6.45) is 0.694. The van der Waals surface area contributed by atoms with Gasteiger partial charge in [-0.25, -0.2) is 13.1 Å². The number of amides is 1. The molecule has 0 saturated heterocycles. The van der Waals surface area contributed by atoms with E-state index in [1.807, 2.05) is 25.1 Å². The average molecular weight is 489 g/mol. The Hall–Kier alpha value is -3.07. The third-order valence-corrected chi connectivity index (χ3v) is 6.24. The van der Waals surface area contributed by atoms with Crippen LogP contribution in [0.2, 0.25) is 5.02 Å². The second-order valence-corrected chi connectivity index (χ2v) is 9.42. The van der Waals surface area contributed by atoms with Gasteiger partial charge in [-0.1, -0.05) is 36.7 Å². The summed E-state index contributed by atoms with van der Waals surface area (Å²) in [7, 11) is -3.58. The summed E-state index contributed by atoms with van der Waals surface area (Å²) in [5, 5.41) is 3.18. The van der Waals surface area contributed by atoms with Crippen LogP contribution < -0.4 is 19.5 Å². The predicted molar refractivity (Wildman–Crippen MR) is 129 cm³/mol. The zero-order valence-electron chi connectivity index (χ0n) is 18.3. The van der Waals surface area contributed by atoms with Gasteiger partial charge in [0.15, 0.2) is 12.4 Å². The van der Waals surface area contributed by atoms with Gasteiger partial charge in [0.2, 0.25) is 10.0 Å². The molecule has 0 radical (unpaired) electrons. The number of carbonyl (C=O) groups is 1. The maximum atomic E-state index is 12.5. The fraction of sp³-hybridized carbons (Fsp3) is 0.208. The quantitative estimate of drug-likeness (QED) is 0.411. The van der Waals surface area contributed by atoms with E-state index < -0.39 is 15.9 Å². The van der Waals surface area contributed by atoms with Crippen LogP contribution in [0, 0.1) is 6.92 Å². The smallest absolute Gasteiger partial charge is 0.262 e. The van der Waals surface area contributed by atoms with E-state index in [-0.39, 0.29) is 11.5 Å². The standard InChI is InChI=1S/C24H25ClN2O5S/c1-3-13-26-33(29,30)20-10-12-22(17(2)14-20)31-16-24(28)27-21-15-18(25)9-11-23(21)32-19-7-5-4-6-8-19/h4-12,14-15,26H,3,13,16H2,1-2H3,(H,27,28). The molecule has 0 bridgehead atoms. The van der Waals surface area contributed by atoms with Crippen LogP contribution >= 0.6 is 11.6 Å². The molecule has 0 atom stereocenters. The maximum Gasteiger partial charge on any atom is 0.262 e. The molecule has 0 aliphatic rings. The first-order valence-corrected chi connectivity index (χ1v) is 12.2. The van der Waals surface area contributed by atoms with Crippen molar-refractivity contribution in [2.24, 2.45) is 0 Å². The third kappa shape index (κ3) is 6.95. The molecule has 0 saturated carbocycles. The van der Waals surface area contributed by atoms with E-state index in [0.29, 0.717) is 46.5 Å². The van der Waals surface area contributed by atoms with Gasteiger partial charge in [-0.2, -0.15) is 0 Å². The Morgan fingerprint density at radius 3 is 2.42 bits per heavy atom. The molecule has 3 rings (SSSR count). The summed E-state index contributed by atoms with van der Waals surface area (Å²) in [6, 6.07) is 18.6. The van der Waals surface area contributed by atoms with Crippen LogP contribution in [-0.2, 0) is 14.8 Å². The minimum Gasteiger partial charge on any atom is -0.483 e. The normalized spacial score (nSPS) is 11.1. The van der Waals surface area contributed by atoms with Crippen molar-refractivity contribution in [2.45, 2.75) is 25.2 Å². The molecular formula is C24H25ClN2O5S. The number of anilines is 1. The molecule has 3 aromatic rings. The van der Waals surface area contributed by atoms with Gasteiger partial charge in [-0.3, -0.25) is 4.79 Å². The van der Waals surface area contributed by atoms with Gasteiger partial charge in [-0.05, 0) is 67.4 Å². The van der Waals surface area contributed by atoms with Crippen LogP contribution in [0.3, 0.4) is 0 Å². The van der Waals surface area contributed by atoms with Crippen molar-refractivity contribution >= 4 is 33.2 Å². The van der Waals surface area contributed by atoms with E-state index >= 15 is 0 Å². The molecular weight excluding hydrogens is 464 g/mol. The van der Waals surface area contributed by atoms with Crippen LogP contribution in [0.15, 0.2) is 71.6 Å². The number of carbonyl (C=O) groups excluding carboxylic acids is 1. The summed E-state index contributed by atoms with van der Waals surface area (Å²) < 4.78 is 38.5. The minimum absolute atomic E-state index is 0.145. The van der Waals surface area contributed by atoms with Crippen LogP contribution in [0.1, 0.15) is 18.9 Å². The van der Waals surface area contributed by atoms with Gasteiger partial charge in [0.25, 0.3) is 5.91 Å². The molecule has 174 valence electrons. The number of hydrogen-bond acceptors (Lipinski definition) is 5. The number of sulfonamides is 1. The predicted octanol–water partition coefficient (Wildman–Crippen LogP) is 5.15. The lowest BCUT2D eigenvalue weighted by molar-refractivity contribution is -0.118. The Bertz CT molecular complexity index is 1220. The maximum absolute atomic E-state index is 12.5. The molecule has 33 heavy (non-hydrogen) atoms. The molecule has 7 nitrogen and oxygen atoms in total. The number of rotatable bonds is 10. The number of nitrogens with one attached hydrogen (secondary N) is 2. The summed E-state index contributed by atoms with van der Waals surface area (Å²) in [6.45, 7) is 3.68. The van der Waals surface area contributed by atoms with Crippen molar-refractivity contribution in [2.75, 3.05) is 18.5 Å². The molecule has 0 aliphatic carbocycles. The minimum atomic E-state index is -3.58. The monoisotopic (exact) mass is 488 g/mol. The van der Waals surface area contributed by atoms with Gasteiger partial charge < -0.3 is 14.8 Å². The van der Waals surface area contributed by atoms with Crippen molar-refractivity contribution in [1.82, 2.24) is 4.72 Å². The van der Waals surface area contributed by atoms with E-state index in [4.69, 9.17) is 21.1 Å². The van der Waals surface area contributed by atoms with Crippen LogP contribution in [0.5, 0.6) is 17.2 Å². The molecule has 0 aliphatic heterocycles. The number of hydrogen-bond donors (Lipinski definition) is 2. The van der Waals surface area contributed by atoms with E-state index in [9.17, 15) is 13.2 Å². The Balaban J connectivity index is 1.66. The molecule has 1 amide bonds. The van der Waals surface area contributed by atoms with Crippen LogP contribution in [0.25, 0.3) is 0 Å². The first kappa shape index (κ1) is 24.6. The molecule has 0 fully saturated rings. The van der Waals surface area contributed by atoms with Gasteiger partial charge >= 0.3 is 0 Å². The number of para-hydroxylation sites is 1. The number of halogens is 1. The Morgan fingerprint density at radius 1 is 1.00 bits per heavy atom. The molecule has 0 heterocycles. The van der Waals surface area contributed by atoms with Gasteiger partial charge in [0, 0.05) is 11.6 Å². The van der Waals surface area contributed by atoms with Crippen LogP contribution in [0.4, 0.5) is 5.69 Å². The molecule has 3 aromatic carbocycles. The van der Waals surface area contributed by atoms with E-state index in [1.54, 1.807) is 37.3 Å². The molecule has 9 heteroatoms. The number of aryl methyl sites for hydroxylation is 1. The summed E-state index contributed by atoms with van der Waals surface area (Å²) in [4.78, 5) is 12.7. The fourth-order valence-electron chi connectivity index (χ4n) is 2.90. The van der Waals surface area contributed by atoms with E-state index in [2.05, 4.69) is 10.0 Å². The highest BCUT2D eigenvalue weighted by Crippen LogP contribution is 2.32. The van der Waals surface area contributed by atoms with Crippen molar-refractivity contribution in [3.63, 3.8) is 0 Å². The van der Waals surface area contributed by atoms with Crippen molar-refractivity contribution in [1.29, 1.82) is 0 Å². The van der Waals surface area contributed by atoms with Gasteiger partial charge in [-0.15, -0.1) is 0 Å². The van der Waals surface area contributed by atoms with E-state index in [1.165, 1.54) is 18.2 Å². The first-order chi connectivity index (χ1) is 15.8. The second-order valence-electron chi connectivity index (χ2n) is 7.22. The SMILES string of the molecule is CCCNS(=O)(=O)c1ccc(OCC(=O)Nc2cc(Cl)ccc2Oc2ccccc2)c(C)c1. The fourth-order valence-corrected chi connectivity index (χ4v) is 4.30. The average Bonchev–Trinajstić information content (AvgIpc) is 2.79. The van der Waals surface area contributed by atoms with Crippen molar-refractivity contribution < 1.29 is 22.7 Å². The largest absolute Gasteiger partial charge is 0.483 e. The zero-order chi connectivity index (χ0) is 23.8. The van der Waals surface area contributed by atoms with Gasteiger partial charge in [0.1, 0.15) is 11.5 Å². The number of benzene rings is 3. The molecule has 0 unspecified atom stereocenters. The Kier molecular flexibility index (Phi) is 8.32. The first-order valence-electron chi connectivity index (χ1n) is 10.3. The third-order valence-electron chi connectivity index (χ3n) is 4.54. The molecule has 0 aromatic heterocycles. The summed E-state index contributed by atoms with van der Waals surface area (Å²) >= 11 is 6.09. The Morgan fingerprint density at radius 2 is 1.73 bits per heavy atom. The van der Waals surface area contributed by atoms with Gasteiger partial charge in [0.05, 0.1) is 10.6 Å². The zero-order valence-corrected chi connectivity index (χ0v) is 19.9.